The predicted molar refractivity (Wildman–Crippen MR) is 114 cm³/mol. The van der Waals surface area contributed by atoms with Crippen LogP contribution < -0.4 is 11.3 Å². The smallest absolute Gasteiger partial charge is 0.293 e. The number of carbonyl (C=O) groups is 1. The molecule has 0 aliphatic rings. The Bertz CT molecular complexity index is 1240. The van der Waals surface area contributed by atoms with Crippen molar-refractivity contribution >= 4 is 45.5 Å². The maximum absolute atomic E-state index is 12.0. The van der Waals surface area contributed by atoms with Crippen molar-refractivity contribution in [1.82, 2.24) is 4.98 Å². The van der Waals surface area contributed by atoms with E-state index in [4.69, 9.17) is 5.73 Å². The van der Waals surface area contributed by atoms with Crippen molar-refractivity contribution in [2.45, 2.75) is 6.54 Å². The summed E-state index contributed by atoms with van der Waals surface area (Å²) in [7, 11) is 0. The Hall–Kier alpha value is -3.32. The number of aromatic amines is 1. The predicted octanol–water partition coefficient (Wildman–Crippen LogP) is 2.00. The summed E-state index contributed by atoms with van der Waals surface area (Å²) >= 11 is 2.13. The number of pyridine rings is 1. The molecule has 5 N–H and O–H groups in total. The summed E-state index contributed by atoms with van der Waals surface area (Å²) in [6.45, 7) is 0.223. The number of amides is 1. The number of primary amides is 1. The molecule has 1 aromatic heterocycles. The molecule has 0 radical (unpaired) electrons. The number of rotatable bonds is 3. The number of benzene rings is 2. The van der Waals surface area contributed by atoms with E-state index in [-0.39, 0.29) is 29.3 Å². The summed E-state index contributed by atoms with van der Waals surface area (Å²) < 4.78 is 0.919. The molecule has 0 aliphatic carbocycles. The normalized spacial score (nSPS) is 10.8. The Morgan fingerprint density at radius 2 is 2.00 bits per heavy atom. The highest BCUT2D eigenvalue weighted by Gasteiger charge is 2.09. The third-order valence-corrected chi connectivity index (χ3v) is 4.55. The van der Waals surface area contributed by atoms with Crippen molar-refractivity contribution in [3.8, 4) is 23.5 Å². The van der Waals surface area contributed by atoms with Crippen LogP contribution in [0.1, 0.15) is 16.7 Å². The molecule has 0 saturated carbocycles. The van der Waals surface area contributed by atoms with Gasteiger partial charge in [-0.3, -0.25) is 19.6 Å². The largest absolute Gasteiger partial charge is 0.507 e. The maximum atomic E-state index is 12.0. The van der Waals surface area contributed by atoms with Gasteiger partial charge in [-0.15, -0.1) is 0 Å². The zero-order valence-electron chi connectivity index (χ0n) is 14.4. The van der Waals surface area contributed by atoms with E-state index >= 15 is 0 Å². The number of hydrogen-bond acceptors (Lipinski definition) is 5. The van der Waals surface area contributed by atoms with Gasteiger partial charge in [0.05, 0.1) is 17.7 Å². The Morgan fingerprint density at radius 3 is 2.71 bits per heavy atom. The van der Waals surface area contributed by atoms with Gasteiger partial charge in [-0.05, 0) is 58.5 Å². The lowest BCUT2D eigenvalue weighted by atomic mass is 10.1. The topological polar surface area (TPSA) is 129 Å². The van der Waals surface area contributed by atoms with Gasteiger partial charge in [0.25, 0.3) is 11.5 Å². The number of carbonyl (C=O) groups excluding carboxylic acids is 1. The highest BCUT2D eigenvalue weighted by atomic mass is 127. The van der Waals surface area contributed by atoms with E-state index in [0.717, 1.165) is 3.57 Å². The fraction of sp³-hybridized carbons (Fsp3) is 0.0500. The molecular formula is C20H14IN3O4. The number of aromatic hydroxyl groups is 2. The number of phenolic OH excluding ortho intramolecular Hbond substituents is 1. The molecule has 8 heteroatoms. The number of nitrogens with two attached hydrogens (primary N) is 1. The molecule has 0 atom stereocenters. The molecule has 28 heavy (non-hydrogen) atoms. The lowest BCUT2D eigenvalue weighted by Crippen LogP contribution is -2.08. The van der Waals surface area contributed by atoms with E-state index in [1.165, 1.54) is 12.3 Å². The van der Waals surface area contributed by atoms with Crippen LogP contribution in [0.25, 0.3) is 10.8 Å². The van der Waals surface area contributed by atoms with Crippen molar-refractivity contribution < 1.29 is 15.0 Å². The first-order chi connectivity index (χ1) is 13.3. The van der Waals surface area contributed by atoms with Crippen molar-refractivity contribution in [3.05, 3.63) is 67.0 Å². The van der Waals surface area contributed by atoms with E-state index < -0.39 is 5.91 Å². The van der Waals surface area contributed by atoms with Gasteiger partial charge in [-0.2, -0.15) is 0 Å². The van der Waals surface area contributed by atoms with Gasteiger partial charge in [0.2, 0.25) is 5.88 Å². The molecule has 0 aliphatic heterocycles. The summed E-state index contributed by atoms with van der Waals surface area (Å²) in [6.07, 6.45) is 1.47. The third-order valence-electron chi connectivity index (χ3n) is 3.88. The summed E-state index contributed by atoms with van der Waals surface area (Å²) in [6, 6.07) is 10.0. The van der Waals surface area contributed by atoms with Crippen molar-refractivity contribution in [1.29, 1.82) is 0 Å². The monoisotopic (exact) mass is 487 g/mol. The number of fused-ring (bicyclic) bond motifs is 1. The third kappa shape index (κ3) is 4.32. The van der Waals surface area contributed by atoms with Gasteiger partial charge >= 0.3 is 0 Å². The minimum absolute atomic E-state index is 0.0895. The summed E-state index contributed by atoms with van der Waals surface area (Å²) in [5, 5.41) is 21.1. The molecule has 0 spiro atoms. The highest BCUT2D eigenvalue weighted by molar-refractivity contribution is 14.1. The summed E-state index contributed by atoms with van der Waals surface area (Å²) in [4.78, 5) is 29.4. The first-order valence-electron chi connectivity index (χ1n) is 8.03. The lowest BCUT2D eigenvalue weighted by Gasteiger charge is -2.05. The van der Waals surface area contributed by atoms with E-state index in [2.05, 4.69) is 44.4 Å². The number of halogens is 1. The van der Waals surface area contributed by atoms with Gasteiger partial charge in [-0.25, -0.2) is 0 Å². The number of nitrogens with one attached hydrogen (secondary N) is 1. The van der Waals surface area contributed by atoms with E-state index in [9.17, 15) is 19.8 Å². The second-order valence-corrected chi connectivity index (χ2v) is 7.09. The molecule has 0 fully saturated rings. The molecule has 2 aromatic carbocycles. The number of H-pyrrole nitrogens is 1. The molecule has 3 aromatic rings. The zero-order valence-corrected chi connectivity index (χ0v) is 16.5. The molecule has 140 valence electrons. The molecule has 0 unspecified atom stereocenters. The highest BCUT2D eigenvalue weighted by Crippen LogP contribution is 2.23. The lowest BCUT2D eigenvalue weighted by molar-refractivity contribution is -0.112. The Balaban J connectivity index is 1.89. The quantitative estimate of drug-likeness (QED) is 0.256. The number of aromatic nitrogens is 1. The van der Waals surface area contributed by atoms with Crippen LogP contribution in [0.2, 0.25) is 0 Å². The van der Waals surface area contributed by atoms with Crippen LogP contribution in [-0.4, -0.2) is 27.3 Å². The second-order valence-electron chi connectivity index (χ2n) is 5.84. The van der Waals surface area contributed by atoms with Crippen LogP contribution in [0.5, 0.6) is 11.6 Å². The zero-order chi connectivity index (χ0) is 20.3. The summed E-state index contributed by atoms with van der Waals surface area (Å²) in [5.41, 5.74) is 5.96. The van der Waals surface area contributed by atoms with Crippen LogP contribution >= 0.6 is 22.6 Å². The van der Waals surface area contributed by atoms with Crippen LogP contribution in [0.15, 0.2) is 46.2 Å². The molecule has 1 heterocycles. The molecule has 0 bridgehead atoms. The van der Waals surface area contributed by atoms with Gasteiger partial charge in [0.15, 0.2) is 0 Å². The van der Waals surface area contributed by atoms with Crippen LogP contribution in [0.4, 0.5) is 0 Å². The molecular weight excluding hydrogens is 473 g/mol. The van der Waals surface area contributed by atoms with E-state index in [1.807, 2.05) is 6.07 Å². The standard InChI is InChI=1S/C20H14IN3O4/c21-13-4-5-14-15(8-13)16(20(28)24-19(14)27)10-23-9-11-1-2-12(17(25)7-11)3-6-18(22)26/h1-2,4-5,7-8,10,25H,9H2,(H2,22,26)(H2,24,27,28). The molecule has 1 amide bonds. The Kier molecular flexibility index (Phi) is 5.65. The second kappa shape index (κ2) is 8.14. The van der Waals surface area contributed by atoms with Gasteiger partial charge in [0.1, 0.15) is 5.75 Å². The number of aliphatic imine (C=N–C) groups is 1. The van der Waals surface area contributed by atoms with Crippen molar-refractivity contribution in [3.63, 3.8) is 0 Å². The minimum Gasteiger partial charge on any atom is -0.507 e. The SMILES string of the molecule is NC(=O)C#Cc1ccc(CN=Cc2c(O)[nH]c(=O)c3ccc(I)cc23)cc1O. The first-order valence-corrected chi connectivity index (χ1v) is 9.10. The number of nitrogens with zero attached hydrogens (tertiary/aromatic N) is 1. The minimum atomic E-state index is -0.782. The summed E-state index contributed by atoms with van der Waals surface area (Å²) in [5.74, 6) is 3.51. The average Bonchev–Trinajstić information content (AvgIpc) is 2.63. The molecule has 0 saturated heterocycles. The average molecular weight is 487 g/mol. The van der Waals surface area contributed by atoms with Crippen LogP contribution in [0, 0.1) is 15.4 Å². The van der Waals surface area contributed by atoms with Crippen molar-refractivity contribution in [2.24, 2.45) is 10.7 Å². The number of phenols is 1. The van der Waals surface area contributed by atoms with Crippen LogP contribution in [0.3, 0.4) is 0 Å². The molecule has 3 rings (SSSR count). The van der Waals surface area contributed by atoms with Gasteiger partial charge < -0.3 is 15.9 Å². The van der Waals surface area contributed by atoms with Gasteiger partial charge in [-0.1, -0.05) is 12.0 Å². The van der Waals surface area contributed by atoms with E-state index in [0.29, 0.717) is 21.9 Å². The van der Waals surface area contributed by atoms with Crippen LogP contribution in [-0.2, 0) is 11.3 Å². The first kappa shape index (κ1) is 19.4. The fourth-order valence-corrected chi connectivity index (χ4v) is 3.08. The van der Waals surface area contributed by atoms with Gasteiger partial charge in [0, 0.05) is 26.5 Å². The van der Waals surface area contributed by atoms with Crippen molar-refractivity contribution in [2.75, 3.05) is 0 Å². The maximum Gasteiger partial charge on any atom is 0.293 e. The Morgan fingerprint density at radius 1 is 1.21 bits per heavy atom. The molecule has 7 nitrogen and oxygen atoms in total. The van der Waals surface area contributed by atoms with E-state index in [1.54, 1.807) is 24.3 Å². The fourth-order valence-electron chi connectivity index (χ4n) is 2.59. The number of hydrogen-bond donors (Lipinski definition) is 4. The Labute approximate surface area is 173 Å².